The largest absolute Gasteiger partial charge is 0.488 e. The molecule has 1 N–H and O–H groups in total. The molecular weight excluding hydrogens is 281 g/mol. The normalized spacial score (nSPS) is 10.1. The molecular formula is C14H10FNO5. The Morgan fingerprint density at radius 2 is 2.05 bits per heavy atom. The van der Waals surface area contributed by atoms with Crippen molar-refractivity contribution in [1.82, 2.24) is 0 Å². The van der Waals surface area contributed by atoms with Crippen LogP contribution in [0, 0.1) is 15.9 Å². The summed E-state index contributed by atoms with van der Waals surface area (Å²) in [5.41, 5.74) is -0.143. The van der Waals surface area contributed by atoms with Gasteiger partial charge >= 0.3 is 5.97 Å². The molecule has 0 saturated heterocycles. The highest BCUT2D eigenvalue weighted by Crippen LogP contribution is 2.25. The molecule has 0 unspecified atom stereocenters. The molecule has 108 valence electrons. The summed E-state index contributed by atoms with van der Waals surface area (Å²) >= 11 is 0. The molecule has 0 aliphatic rings. The Morgan fingerprint density at radius 3 is 2.67 bits per heavy atom. The van der Waals surface area contributed by atoms with Gasteiger partial charge in [-0.3, -0.25) is 10.1 Å². The number of carboxylic acid groups (broad SMARTS) is 1. The zero-order chi connectivity index (χ0) is 15.4. The number of aromatic carboxylic acids is 1. The van der Waals surface area contributed by atoms with Gasteiger partial charge in [-0.15, -0.1) is 0 Å². The van der Waals surface area contributed by atoms with Crippen LogP contribution in [0.1, 0.15) is 15.9 Å². The first kappa shape index (κ1) is 14.4. The van der Waals surface area contributed by atoms with Crippen molar-refractivity contribution in [3.63, 3.8) is 0 Å². The highest BCUT2D eigenvalue weighted by molar-refractivity contribution is 5.91. The van der Waals surface area contributed by atoms with E-state index < -0.39 is 16.7 Å². The lowest BCUT2D eigenvalue weighted by molar-refractivity contribution is -0.384. The second kappa shape index (κ2) is 6.00. The van der Waals surface area contributed by atoms with E-state index in [1.807, 2.05) is 0 Å². The molecule has 2 aromatic rings. The Morgan fingerprint density at radius 1 is 1.29 bits per heavy atom. The van der Waals surface area contributed by atoms with Gasteiger partial charge in [0.1, 0.15) is 23.7 Å². The van der Waals surface area contributed by atoms with E-state index in [0.29, 0.717) is 5.56 Å². The number of nitro benzene ring substituents is 1. The molecule has 0 atom stereocenters. The molecule has 0 amide bonds. The maximum Gasteiger partial charge on any atom is 0.339 e. The monoisotopic (exact) mass is 291 g/mol. The van der Waals surface area contributed by atoms with Gasteiger partial charge in [0.25, 0.3) is 5.69 Å². The first-order valence-corrected chi connectivity index (χ1v) is 5.86. The molecule has 0 saturated carbocycles. The summed E-state index contributed by atoms with van der Waals surface area (Å²) in [5, 5.41) is 19.7. The van der Waals surface area contributed by atoms with Crippen LogP contribution in [0.5, 0.6) is 5.75 Å². The third kappa shape index (κ3) is 3.53. The Hall–Kier alpha value is -2.96. The molecule has 21 heavy (non-hydrogen) atoms. The second-order valence-electron chi connectivity index (χ2n) is 4.16. The van der Waals surface area contributed by atoms with Crippen molar-refractivity contribution in [3.8, 4) is 5.75 Å². The maximum absolute atomic E-state index is 13.0. The van der Waals surface area contributed by atoms with Crippen LogP contribution in [-0.4, -0.2) is 16.0 Å². The number of carbonyl (C=O) groups is 1. The van der Waals surface area contributed by atoms with E-state index in [4.69, 9.17) is 9.84 Å². The fourth-order valence-electron chi connectivity index (χ4n) is 1.71. The van der Waals surface area contributed by atoms with Crippen LogP contribution >= 0.6 is 0 Å². The standard InChI is InChI=1S/C14H10FNO5/c15-10-3-1-2-9(6-10)8-21-13-5-4-11(16(19)20)7-12(13)14(17)18/h1-7H,8H2,(H,17,18). The van der Waals surface area contributed by atoms with E-state index in [1.54, 1.807) is 6.07 Å². The van der Waals surface area contributed by atoms with Crippen LogP contribution in [0.4, 0.5) is 10.1 Å². The van der Waals surface area contributed by atoms with Crippen molar-refractivity contribution < 1.29 is 24.0 Å². The van der Waals surface area contributed by atoms with Gasteiger partial charge in [0.15, 0.2) is 0 Å². The van der Waals surface area contributed by atoms with E-state index in [2.05, 4.69) is 0 Å². The lowest BCUT2D eigenvalue weighted by Gasteiger charge is -2.09. The molecule has 7 heteroatoms. The Bertz CT molecular complexity index is 702. The highest BCUT2D eigenvalue weighted by Gasteiger charge is 2.17. The molecule has 0 fully saturated rings. The summed E-state index contributed by atoms with van der Waals surface area (Å²) in [5.74, 6) is -1.79. The topological polar surface area (TPSA) is 89.7 Å². The van der Waals surface area contributed by atoms with Crippen LogP contribution in [0.15, 0.2) is 42.5 Å². The highest BCUT2D eigenvalue weighted by atomic mass is 19.1. The van der Waals surface area contributed by atoms with Crippen molar-refractivity contribution in [2.75, 3.05) is 0 Å². The molecule has 0 radical (unpaired) electrons. The number of non-ortho nitro benzene ring substituents is 1. The molecule has 0 aromatic heterocycles. The minimum atomic E-state index is -1.34. The van der Waals surface area contributed by atoms with Crippen LogP contribution in [0.25, 0.3) is 0 Å². The number of nitro groups is 1. The van der Waals surface area contributed by atoms with Crippen molar-refractivity contribution in [2.45, 2.75) is 6.61 Å². The van der Waals surface area contributed by atoms with Crippen molar-refractivity contribution in [1.29, 1.82) is 0 Å². The van der Waals surface area contributed by atoms with Gasteiger partial charge in [0.2, 0.25) is 0 Å². The number of carboxylic acids is 1. The van der Waals surface area contributed by atoms with E-state index >= 15 is 0 Å². The van der Waals surface area contributed by atoms with Crippen molar-refractivity contribution >= 4 is 11.7 Å². The van der Waals surface area contributed by atoms with Crippen molar-refractivity contribution in [2.24, 2.45) is 0 Å². The SMILES string of the molecule is O=C(O)c1cc([N+](=O)[O-])ccc1OCc1cccc(F)c1. The van der Waals surface area contributed by atoms with Gasteiger partial charge in [-0.05, 0) is 23.8 Å². The van der Waals surface area contributed by atoms with Crippen LogP contribution in [0.3, 0.4) is 0 Å². The second-order valence-corrected chi connectivity index (χ2v) is 4.16. The predicted molar refractivity (Wildman–Crippen MR) is 70.8 cm³/mol. The van der Waals surface area contributed by atoms with Gasteiger partial charge in [-0.25, -0.2) is 9.18 Å². The van der Waals surface area contributed by atoms with Gasteiger partial charge in [0, 0.05) is 12.1 Å². The summed E-state index contributed by atoms with van der Waals surface area (Å²) < 4.78 is 18.3. The van der Waals surface area contributed by atoms with Gasteiger partial charge in [0.05, 0.1) is 4.92 Å². The molecule has 0 aliphatic carbocycles. The minimum absolute atomic E-state index is 0.0163. The Balaban J connectivity index is 2.23. The number of rotatable bonds is 5. The quantitative estimate of drug-likeness (QED) is 0.675. The number of hydrogen-bond donors (Lipinski definition) is 1. The maximum atomic E-state index is 13.0. The smallest absolute Gasteiger partial charge is 0.339 e. The molecule has 0 heterocycles. The van der Waals surface area contributed by atoms with Gasteiger partial charge in [-0.2, -0.15) is 0 Å². The van der Waals surface area contributed by atoms with E-state index in [1.165, 1.54) is 24.3 Å². The first-order chi connectivity index (χ1) is 9.97. The zero-order valence-corrected chi connectivity index (χ0v) is 10.7. The third-order valence-electron chi connectivity index (χ3n) is 2.69. The lowest BCUT2D eigenvalue weighted by atomic mass is 10.1. The number of hydrogen-bond acceptors (Lipinski definition) is 4. The van der Waals surface area contributed by atoms with E-state index in [9.17, 15) is 19.3 Å². The fraction of sp³-hybridized carbons (Fsp3) is 0.0714. The molecule has 0 bridgehead atoms. The molecule has 0 spiro atoms. The van der Waals surface area contributed by atoms with Crippen LogP contribution in [0.2, 0.25) is 0 Å². The zero-order valence-electron chi connectivity index (χ0n) is 10.7. The van der Waals surface area contributed by atoms with E-state index in [0.717, 1.165) is 12.1 Å². The molecule has 0 aliphatic heterocycles. The van der Waals surface area contributed by atoms with E-state index in [-0.39, 0.29) is 23.6 Å². The first-order valence-electron chi connectivity index (χ1n) is 5.86. The molecule has 6 nitrogen and oxygen atoms in total. The minimum Gasteiger partial charge on any atom is -0.488 e. The van der Waals surface area contributed by atoms with Gasteiger partial charge < -0.3 is 9.84 Å². The summed E-state index contributed by atoms with van der Waals surface area (Å²) in [6.07, 6.45) is 0. The van der Waals surface area contributed by atoms with Crippen LogP contribution < -0.4 is 4.74 Å². The molecule has 2 rings (SSSR count). The Kier molecular flexibility index (Phi) is 4.13. The summed E-state index contributed by atoms with van der Waals surface area (Å²) in [6.45, 7) is -0.0458. The number of ether oxygens (including phenoxy) is 1. The predicted octanol–water partition coefficient (Wildman–Crippen LogP) is 3.01. The van der Waals surface area contributed by atoms with Gasteiger partial charge in [-0.1, -0.05) is 12.1 Å². The Labute approximate surface area is 118 Å². The molecule has 2 aromatic carbocycles. The lowest BCUT2D eigenvalue weighted by Crippen LogP contribution is -2.04. The number of benzene rings is 2. The summed E-state index contributed by atoms with van der Waals surface area (Å²) in [7, 11) is 0. The summed E-state index contributed by atoms with van der Waals surface area (Å²) in [6, 6.07) is 8.93. The average Bonchev–Trinajstić information content (AvgIpc) is 2.44. The number of halogens is 1. The van der Waals surface area contributed by atoms with Crippen LogP contribution in [-0.2, 0) is 6.61 Å². The summed E-state index contributed by atoms with van der Waals surface area (Å²) in [4.78, 5) is 21.0. The number of nitrogens with zero attached hydrogens (tertiary/aromatic N) is 1. The third-order valence-corrected chi connectivity index (χ3v) is 2.69. The van der Waals surface area contributed by atoms with Crippen molar-refractivity contribution in [3.05, 3.63) is 69.5 Å². The fourth-order valence-corrected chi connectivity index (χ4v) is 1.71. The average molecular weight is 291 g/mol.